The Hall–Kier alpha value is -1.78. The van der Waals surface area contributed by atoms with Crippen molar-refractivity contribution in [2.45, 2.75) is 13.1 Å². The second-order valence-electron chi connectivity index (χ2n) is 5.32. The average molecular weight is 302 g/mol. The number of halogens is 3. The van der Waals surface area contributed by atoms with Gasteiger partial charge in [-0.3, -0.25) is 0 Å². The van der Waals surface area contributed by atoms with Gasteiger partial charge in [-0.2, -0.15) is 18.4 Å². The maximum absolute atomic E-state index is 13.0. The molecule has 0 heterocycles. The minimum absolute atomic E-state index is 0.0119. The van der Waals surface area contributed by atoms with Gasteiger partial charge in [0.05, 0.1) is 36.1 Å². The lowest BCUT2D eigenvalue weighted by Gasteiger charge is -2.33. The van der Waals surface area contributed by atoms with Crippen LogP contribution in [0.1, 0.15) is 18.1 Å². The maximum atomic E-state index is 13.0. The van der Waals surface area contributed by atoms with Gasteiger partial charge < -0.3 is 15.1 Å². The first-order valence-corrected chi connectivity index (χ1v) is 6.21. The van der Waals surface area contributed by atoms with E-state index in [0.717, 1.165) is 18.2 Å². The molecular weight excluding hydrogens is 285 g/mol. The highest BCUT2D eigenvalue weighted by Crippen LogP contribution is 2.37. The largest absolute Gasteiger partial charge is 0.418 e. The lowest BCUT2D eigenvalue weighted by atomic mass is 9.92. The minimum Gasteiger partial charge on any atom is -0.396 e. The predicted octanol–water partition coefficient (Wildman–Crippen LogP) is 2.00. The van der Waals surface area contributed by atoms with E-state index < -0.39 is 17.2 Å². The Bertz CT molecular complexity index is 534. The summed E-state index contributed by atoms with van der Waals surface area (Å²) in [6, 6.07) is 4.92. The summed E-state index contributed by atoms with van der Waals surface area (Å²) in [6.45, 7) is 0.836. The van der Waals surface area contributed by atoms with Crippen LogP contribution >= 0.6 is 0 Å². The fourth-order valence-corrected chi connectivity index (χ4v) is 1.96. The van der Waals surface area contributed by atoms with Crippen LogP contribution in [-0.4, -0.2) is 37.0 Å². The zero-order chi connectivity index (χ0) is 16.3. The number of nitrogens with zero attached hydrogens (tertiary/aromatic N) is 2. The Labute approximate surface area is 121 Å². The molecular formula is C14H17F3N2O2. The summed E-state index contributed by atoms with van der Waals surface area (Å²) in [7, 11) is 1.43. The highest BCUT2D eigenvalue weighted by molar-refractivity contribution is 5.58. The quantitative estimate of drug-likeness (QED) is 0.873. The van der Waals surface area contributed by atoms with Gasteiger partial charge in [0.15, 0.2) is 0 Å². The van der Waals surface area contributed by atoms with E-state index in [0.29, 0.717) is 0 Å². The Morgan fingerprint density at radius 3 is 2.24 bits per heavy atom. The third-order valence-corrected chi connectivity index (χ3v) is 3.23. The van der Waals surface area contributed by atoms with Crippen LogP contribution in [0.15, 0.2) is 18.2 Å². The van der Waals surface area contributed by atoms with Crippen LogP contribution in [-0.2, 0) is 6.18 Å². The summed E-state index contributed by atoms with van der Waals surface area (Å²) in [5, 5.41) is 27.3. The van der Waals surface area contributed by atoms with Gasteiger partial charge in [0.2, 0.25) is 0 Å². The number of nitriles is 1. The van der Waals surface area contributed by atoms with Gasteiger partial charge in [-0.1, -0.05) is 6.92 Å². The molecule has 0 saturated heterocycles. The number of aliphatic hydroxyl groups excluding tert-OH is 2. The number of hydrogen-bond donors (Lipinski definition) is 2. The molecule has 0 spiro atoms. The van der Waals surface area contributed by atoms with E-state index >= 15 is 0 Å². The van der Waals surface area contributed by atoms with E-state index in [1.165, 1.54) is 11.9 Å². The van der Waals surface area contributed by atoms with Gasteiger partial charge in [-0.15, -0.1) is 0 Å². The molecule has 0 atom stereocenters. The summed E-state index contributed by atoms with van der Waals surface area (Å²) in [5.74, 6) is 0. The van der Waals surface area contributed by atoms with Gasteiger partial charge in [-0.05, 0) is 18.2 Å². The van der Waals surface area contributed by atoms with Gasteiger partial charge in [0.25, 0.3) is 0 Å². The van der Waals surface area contributed by atoms with Crippen LogP contribution in [0.5, 0.6) is 0 Å². The number of benzene rings is 1. The van der Waals surface area contributed by atoms with Crippen molar-refractivity contribution in [1.82, 2.24) is 0 Å². The molecule has 0 bridgehead atoms. The molecule has 0 fully saturated rings. The number of alkyl halides is 3. The molecule has 116 valence electrons. The van der Waals surface area contributed by atoms with Crippen LogP contribution in [0.4, 0.5) is 18.9 Å². The fourth-order valence-electron chi connectivity index (χ4n) is 1.96. The summed E-state index contributed by atoms with van der Waals surface area (Å²) in [6.07, 6.45) is -4.55. The molecule has 0 saturated carbocycles. The van der Waals surface area contributed by atoms with E-state index in [9.17, 15) is 23.4 Å². The molecule has 1 rings (SSSR count). The highest BCUT2D eigenvalue weighted by atomic mass is 19.4. The average Bonchev–Trinajstić information content (AvgIpc) is 2.45. The molecule has 0 radical (unpaired) electrons. The maximum Gasteiger partial charge on any atom is 0.418 e. The van der Waals surface area contributed by atoms with Crippen molar-refractivity contribution in [2.24, 2.45) is 5.41 Å². The first kappa shape index (κ1) is 17.3. The Kier molecular flexibility index (Phi) is 5.20. The topological polar surface area (TPSA) is 67.5 Å². The monoisotopic (exact) mass is 302 g/mol. The molecule has 2 N–H and O–H groups in total. The summed E-state index contributed by atoms with van der Waals surface area (Å²) >= 11 is 0. The smallest absolute Gasteiger partial charge is 0.396 e. The van der Waals surface area contributed by atoms with Crippen molar-refractivity contribution in [2.75, 3.05) is 31.7 Å². The molecule has 0 aliphatic rings. The Balaban J connectivity index is 3.24. The van der Waals surface area contributed by atoms with Crippen LogP contribution in [0, 0.1) is 16.7 Å². The van der Waals surface area contributed by atoms with E-state index in [1.807, 2.05) is 0 Å². The van der Waals surface area contributed by atoms with Gasteiger partial charge in [-0.25, -0.2) is 0 Å². The second-order valence-corrected chi connectivity index (χ2v) is 5.32. The Morgan fingerprint density at radius 2 is 1.81 bits per heavy atom. The van der Waals surface area contributed by atoms with E-state index in [2.05, 4.69) is 0 Å². The zero-order valence-corrected chi connectivity index (χ0v) is 11.8. The van der Waals surface area contributed by atoms with Crippen molar-refractivity contribution in [3.8, 4) is 6.07 Å². The van der Waals surface area contributed by atoms with Crippen LogP contribution in [0.25, 0.3) is 0 Å². The molecule has 0 aliphatic carbocycles. The van der Waals surface area contributed by atoms with E-state index in [1.54, 1.807) is 13.0 Å². The molecule has 21 heavy (non-hydrogen) atoms. The van der Waals surface area contributed by atoms with Crippen LogP contribution in [0.3, 0.4) is 0 Å². The first-order chi connectivity index (χ1) is 9.66. The van der Waals surface area contributed by atoms with Crippen molar-refractivity contribution in [3.05, 3.63) is 29.3 Å². The van der Waals surface area contributed by atoms with Crippen molar-refractivity contribution < 1.29 is 23.4 Å². The molecule has 4 nitrogen and oxygen atoms in total. The fraction of sp³-hybridized carbons (Fsp3) is 0.500. The third kappa shape index (κ3) is 4.09. The molecule has 0 aromatic heterocycles. The molecule has 7 heteroatoms. The lowest BCUT2D eigenvalue weighted by Crippen LogP contribution is -2.39. The lowest BCUT2D eigenvalue weighted by molar-refractivity contribution is -0.137. The van der Waals surface area contributed by atoms with Crippen molar-refractivity contribution in [1.29, 1.82) is 5.26 Å². The molecule has 0 unspecified atom stereocenters. The normalized spacial score (nSPS) is 12.1. The summed E-state index contributed by atoms with van der Waals surface area (Å²) < 4.78 is 39.1. The SMILES string of the molecule is CN(CC(C)(CO)CO)c1cc(C#N)ccc1C(F)(F)F. The van der Waals surface area contributed by atoms with Crippen molar-refractivity contribution >= 4 is 5.69 Å². The minimum atomic E-state index is -4.55. The summed E-state index contributed by atoms with van der Waals surface area (Å²) in [4.78, 5) is 1.29. The third-order valence-electron chi connectivity index (χ3n) is 3.23. The second kappa shape index (κ2) is 6.33. The van der Waals surface area contributed by atoms with Crippen molar-refractivity contribution in [3.63, 3.8) is 0 Å². The zero-order valence-electron chi connectivity index (χ0n) is 11.8. The Morgan fingerprint density at radius 1 is 1.24 bits per heavy atom. The van der Waals surface area contributed by atoms with Gasteiger partial charge >= 0.3 is 6.18 Å². The highest BCUT2D eigenvalue weighted by Gasteiger charge is 2.35. The predicted molar refractivity (Wildman–Crippen MR) is 71.7 cm³/mol. The van der Waals surface area contributed by atoms with E-state index in [-0.39, 0.29) is 31.0 Å². The summed E-state index contributed by atoms with van der Waals surface area (Å²) in [5.41, 5.74) is -1.85. The molecule has 1 aromatic carbocycles. The number of aliphatic hydroxyl groups is 2. The number of hydrogen-bond acceptors (Lipinski definition) is 4. The van der Waals surface area contributed by atoms with Gasteiger partial charge in [0.1, 0.15) is 0 Å². The van der Waals surface area contributed by atoms with Crippen LogP contribution < -0.4 is 4.90 Å². The first-order valence-electron chi connectivity index (χ1n) is 6.21. The van der Waals surface area contributed by atoms with Gasteiger partial charge in [0, 0.05) is 19.0 Å². The number of anilines is 1. The molecule has 0 aliphatic heterocycles. The van der Waals surface area contributed by atoms with Crippen LogP contribution in [0.2, 0.25) is 0 Å². The standard InChI is InChI=1S/C14H17F3N2O2/c1-13(8-20,9-21)7-19(2)12-5-10(6-18)3-4-11(12)14(15,16)17/h3-5,20-21H,7-9H2,1-2H3. The molecule has 1 aromatic rings. The van der Waals surface area contributed by atoms with E-state index in [4.69, 9.17) is 5.26 Å². The number of rotatable bonds is 5. The molecule has 0 amide bonds.